The number of rotatable bonds is 6. The number of nitrogens with two attached hydrogens (primary N) is 1. The van der Waals surface area contributed by atoms with Gasteiger partial charge in [0.1, 0.15) is 0 Å². The van der Waals surface area contributed by atoms with E-state index in [0.717, 1.165) is 11.3 Å². The van der Waals surface area contributed by atoms with Gasteiger partial charge < -0.3 is 15.2 Å². The Morgan fingerprint density at radius 3 is 2.75 bits per heavy atom. The molecule has 1 aromatic heterocycles. The molecular formula is C17H22N4O3. The van der Waals surface area contributed by atoms with Gasteiger partial charge in [-0.15, -0.1) is 0 Å². The van der Waals surface area contributed by atoms with Gasteiger partial charge in [0, 0.05) is 0 Å². The van der Waals surface area contributed by atoms with E-state index in [0.29, 0.717) is 24.1 Å². The molecule has 0 aliphatic rings. The van der Waals surface area contributed by atoms with Gasteiger partial charge in [0.05, 0.1) is 30.6 Å². The second-order valence-electron chi connectivity index (χ2n) is 5.54. The van der Waals surface area contributed by atoms with Crippen molar-refractivity contribution in [2.45, 2.75) is 27.7 Å². The van der Waals surface area contributed by atoms with Crippen LogP contribution in [0.5, 0.6) is 11.5 Å². The van der Waals surface area contributed by atoms with E-state index in [9.17, 15) is 4.79 Å². The number of carbonyl (C=O) groups is 1. The summed E-state index contributed by atoms with van der Waals surface area (Å²) >= 11 is 0. The van der Waals surface area contributed by atoms with Crippen LogP contribution in [0, 0.1) is 12.8 Å². The summed E-state index contributed by atoms with van der Waals surface area (Å²) in [7, 11) is 0. The summed E-state index contributed by atoms with van der Waals surface area (Å²) in [6, 6.07) is 5.24. The van der Waals surface area contributed by atoms with Gasteiger partial charge in [-0.25, -0.2) is 9.66 Å². The molecule has 0 unspecified atom stereocenters. The van der Waals surface area contributed by atoms with Crippen LogP contribution in [0.25, 0.3) is 0 Å². The Morgan fingerprint density at radius 2 is 2.17 bits per heavy atom. The fourth-order valence-corrected chi connectivity index (χ4v) is 1.91. The molecule has 24 heavy (non-hydrogen) atoms. The zero-order valence-electron chi connectivity index (χ0n) is 14.3. The van der Waals surface area contributed by atoms with Crippen molar-refractivity contribution < 1.29 is 14.3 Å². The molecule has 0 aliphatic heterocycles. The molecule has 0 bridgehead atoms. The van der Waals surface area contributed by atoms with Gasteiger partial charge in [-0.05, 0) is 37.6 Å². The first-order chi connectivity index (χ1) is 11.4. The Balaban J connectivity index is 2.24. The maximum atomic E-state index is 11.8. The maximum Gasteiger partial charge on any atom is 0.313 e. The molecule has 1 aromatic carbocycles. The largest absolute Gasteiger partial charge is 0.490 e. The normalized spacial score (nSPS) is 11.2. The SMILES string of the molecule is CCOc1cc(C=Nn2cc(C)nc2N)ccc1OC(=O)C(C)C. The Labute approximate surface area is 141 Å². The van der Waals surface area contributed by atoms with E-state index in [-0.39, 0.29) is 11.9 Å². The number of hydrogen-bond donors (Lipinski definition) is 1. The minimum atomic E-state index is -0.306. The van der Waals surface area contributed by atoms with E-state index in [4.69, 9.17) is 15.2 Å². The van der Waals surface area contributed by atoms with Crippen molar-refractivity contribution in [1.82, 2.24) is 9.66 Å². The van der Waals surface area contributed by atoms with Gasteiger partial charge in [-0.2, -0.15) is 5.10 Å². The summed E-state index contributed by atoms with van der Waals surface area (Å²) in [4.78, 5) is 15.9. The first kappa shape index (κ1) is 17.5. The summed E-state index contributed by atoms with van der Waals surface area (Å²) in [6.07, 6.45) is 3.36. The molecule has 2 rings (SSSR count). The number of ether oxygens (including phenoxy) is 2. The summed E-state index contributed by atoms with van der Waals surface area (Å²) in [5, 5.41) is 4.26. The lowest BCUT2D eigenvalue weighted by Gasteiger charge is -2.12. The van der Waals surface area contributed by atoms with Gasteiger partial charge in [-0.1, -0.05) is 13.8 Å². The van der Waals surface area contributed by atoms with Gasteiger partial charge in [0.25, 0.3) is 0 Å². The topological polar surface area (TPSA) is 91.7 Å². The highest BCUT2D eigenvalue weighted by Gasteiger charge is 2.14. The maximum absolute atomic E-state index is 11.8. The highest BCUT2D eigenvalue weighted by molar-refractivity contribution is 5.82. The lowest BCUT2D eigenvalue weighted by molar-refractivity contribution is -0.137. The summed E-state index contributed by atoms with van der Waals surface area (Å²) < 4.78 is 12.4. The van der Waals surface area contributed by atoms with Crippen LogP contribution in [0.1, 0.15) is 32.0 Å². The number of aryl methyl sites for hydroxylation is 1. The van der Waals surface area contributed by atoms with Crippen LogP contribution >= 0.6 is 0 Å². The average Bonchev–Trinajstić information content (AvgIpc) is 2.85. The van der Waals surface area contributed by atoms with E-state index in [2.05, 4.69) is 10.1 Å². The lowest BCUT2D eigenvalue weighted by atomic mass is 10.2. The van der Waals surface area contributed by atoms with E-state index in [1.54, 1.807) is 44.5 Å². The molecule has 0 radical (unpaired) electrons. The van der Waals surface area contributed by atoms with Gasteiger partial charge in [0.15, 0.2) is 11.5 Å². The Hall–Kier alpha value is -2.83. The third-order valence-corrected chi connectivity index (χ3v) is 3.12. The molecule has 2 aromatic rings. The molecule has 0 aliphatic carbocycles. The molecular weight excluding hydrogens is 308 g/mol. The third kappa shape index (κ3) is 4.34. The van der Waals surface area contributed by atoms with Crippen molar-refractivity contribution >= 4 is 18.1 Å². The molecule has 0 spiro atoms. The van der Waals surface area contributed by atoms with Crippen LogP contribution in [-0.4, -0.2) is 28.5 Å². The quantitative estimate of drug-likeness (QED) is 0.499. The molecule has 7 nitrogen and oxygen atoms in total. The van der Waals surface area contributed by atoms with Crippen molar-refractivity contribution in [3.05, 3.63) is 35.7 Å². The molecule has 1 heterocycles. The van der Waals surface area contributed by atoms with Gasteiger partial charge >= 0.3 is 5.97 Å². The van der Waals surface area contributed by atoms with E-state index in [1.165, 1.54) is 4.68 Å². The number of anilines is 1. The van der Waals surface area contributed by atoms with Crippen molar-refractivity contribution in [3.63, 3.8) is 0 Å². The van der Waals surface area contributed by atoms with Crippen LogP contribution < -0.4 is 15.2 Å². The molecule has 0 amide bonds. The highest BCUT2D eigenvalue weighted by atomic mass is 16.6. The standard InChI is InChI=1S/C17H22N4O3/c1-5-23-15-8-13(6-7-14(15)24-16(22)11(2)3)9-19-21-10-12(4)20-17(21)18/h6-11H,5H2,1-4H3,(H2,18,20). The fraction of sp³-hybridized carbons (Fsp3) is 0.353. The van der Waals surface area contributed by atoms with Crippen molar-refractivity contribution in [3.8, 4) is 11.5 Å². The average molecular weight is 330 g/mol. The smallest absolute Gasteiger partial charge is 0.313 e. The van der Waals surface area contributed by atoms with Crippen LogP contribution in [-0.2, 0) is 4.79 Å². The zero-order valence-corrected chi connectivity index (χ0v) is 14.3. The molecule has 0 saturated heterocycles. The number of nitrogens with zero attached hydrogens (tertiary/aromatic N) is 3. The minimum absolute atomic E-state index is 0.215. The number of hydrogen-bond acceptors (Lipinski definition) is 6. The molecule has 7 heteroatoms. The number of esters is 1. The Kier molecular flexibility index (Phi) is 5.57. The molecule has 0 fully saturated rings. The van der Waals surface area contributed by atoms with Gasteiger partial charge in [-0.3, -0.25) is 4.79 Å². The number of aromatic nitrogens is 2. The fourth-order valence-electron chi connectivity index (χ4n) is 1.91. The molecule has 128 valence electrons. The number of carbonyl (C=O) groups excluding carboxylic acids is 1. The minimum Gasteiger partial charge on any atom is -0.490 e. The third-order valence-electron chi connectivity index (χ3n) is 3.12. The first-order valence-electron chi connectivity index (χ1n) is 7.75. The van der Waals surface area contributed by atoms with Crippen LogP contribution in [0.4, 0.5) is 5.95 Å². The predicted molar refractivity (Wildman–Crippen MR) is 92.5 cm³/mol. The monoisotopic (exact) mass is 330 g/mol. The number of nitrogen functional groups attached to an aromatic ring is 1. The zero-order chi connectivity index (χ0) is 17.7. The predicted octanol–water partition coefficient (Wildman–Crippen LogP) is 2.62. The van der Waals surface area contributed by atoms with E-state index in [1.807, 2.05) is 13.8 Å². The summed E-state index contributed by atoms with van der Waals surface area (Å²) in [5.74, 6) is 0.680. The summed E-state index contributed by atoms with van der Waals surface area (Å²) in [6.45, 7) is 7.72. The highest BCUT2D eigenvalue weighted by Crippen LogP contribution is 2.28. The van der Waals surface area contributed by atoms with Crippen LogP contribution in [0.2, 0.25) is 0 Å². The van der Waals surface area contributed by atoms with Crippen molar-refractivity contribution in [1.29, 1.82) is 0 Å². The van der Waals surface area contributed by atoms with Crippen LogP contribution in [0.15, 0.2) is 29.5 Å². The van der Waals surface area contributed by atoms with E-state index < -0.39 is 0 Å². The van der Waals surface area contributed by atoms with Crippen molar-refractivity contribution in [2.75, 3.05) is 12.3 Å². The lowest BCUT2D eigenvalue weighted by Crippen LogP contribution is -2.15. The van der Waals surface area contributed by atoms with Crippen LogP contribution in [0.3, 0.4) is 0 Å². The van der Waals surface area contributed by atoms with E-state index >= 15 is 0 Å². The summed E-state index contributed by atoms with van der Waals surface area (Å²) in [5.41, 5.74) is 7.32. The number of imidazole rings is 1. The first-order valence-corrected chi connectivity index (χ1v) is 7.75. The molecule has 2 N–H and O–H groups in total. The van der Waals surface area contributed by atoms with Gasteiger partial charge in [0.2, 0.25) is 5.95 Å². The second kappa shape index (κ2) is 7.63. The van der Waals surface area contributed by atoms with Crippen molar-refractivity contribution in [2.24, 2.45) is 11.0 Å². The Bertz CT molecular complexity index is 750. The second-order valence-corrected chi connectivity index (χ2v) is 5.54. The Morgan fingerprint density at radius 1 is 1.42 bits per heavy atom. The molecule has 0 saturated carbocycles. The number of benzene rings is 1. The molecule has 0 atom stereocenters.